The molecule has 0 N–H and O–H groups in total. The molecule has 2 rings (SSSR count). The number of carbonyl (C=O) groups excluding carboxylic acids is 1. The van der Waals surface area contributed by atoms with E-state index in [4.69, 9.17) is 23.2 Å². The number of halogens is 2. The number of fused-ring (bicyclic) bond motifs is 1. The predicted molar refractivity (Wildman–Crippen MR) is 56.1 cm³/mol. The van der Waals surface area contributed by atoms with Crippen LogP contribution in [0.1, 0.15) is 10.4 Å². The van der Waals surface area contributed by atoms with Gasteiger partial charge >= 0.3 is 0 Å². The third-order valence-corrected chi connectivity index (χ3v) is 2.49. The van der Waals surface area contributed by atoms with Gasteiger partial charge in [-0.05, 0) is 12.1 Å². The van der Waals surface area contributed by atoms with Crippen LogP contribution in [0.15, 0.2) is 24.4 Å². The highest BCUT2D eigenvalue weighted by molar-refractivity contribution is 6.35. The van der Waals surface area contributed by atoms with Crippen LogP contribution in [0.25, 0.3) is 10.9 Å². The monoisotopic (exact) mass is 240 g/mol. The Hall–Kier alpha value is -1.32. The van der Waals surface area contributed by atoms with E-state index >= 15 is 0 Å². The fourth-order valence-corrected chi connectivity index (χ4v) is 1.74. The van der Waals surface area contributed by atoms with Gasteiger partial charge in [0.05, 0.1) is 21.5 Å². The number of aromatic carboxylic acids is 1. The molecule has 1 aromatic heterocycles. The number of hydrogen-bond acceptors (Lipinski definition) is 3. The Kier molecular flexibility index (Phi) is 2.50. The Morgan fingerprint density at radius 2 is 2.07 bits per heavy atom. The van der Waals surface area contributed by atoms with Gasteiger partial charge in [0.1, 0.15) is 0 Å². The summed E-state index contributed by atoms with van der Waals surface area (Å²) in [5.74, 6) is -1.35. The Balaban J connectivity index is 2.88. The van der Waals surface area contributed by atoms with Crippen LogP contribution < -0.4 is 5.11 Å². The smallest absolute Gasteiger partial charge is 0.0808 e. The molecule has 2 aromatic rings. The Morgan fingerprint density at radius 3 is 2.73 bits per heavy atom. The molecule has 0 saturated heterocycles. The van der Waals surface area contributed by atoms with Crippen LogP contribution in [0.5, 0.6) is 0 Å². The lowest BCUT2D eigenvalue weighted by atomic mass is 10.1. The molecular formula is C10H4Cl2NO2-. The van der Waals surface area contributed by atoms with Gasteiger partial charge in [0.2, 0.25) is 0 Å². The number of carbonyl (C=O) groups is 1. The van der Waals surface area contributed by atoms with Gasteiger partial charge in [-0.1, -0.05) is 29.3 Å². The van der Waals surface area contributed by atoms with Crippen molar-refractivity contribution in [2.45, 2.75) is 0 Å². The number of carboxylic acids is 1. The summed E-state index contributed by atoms with van der Waals surface area (Å²) in [6.07, 6.45) is 1.37. The molecular weight excluding hydrogens is 237 g/mol. The van der Waals surface area contributed by atoms with Crippen molar-refractivity contribution in [2.75, 3.05) is 0 Å². The first-order chi connectivity index (χ1) is 7.09. The van der Waals surface area contributed by atoms with Gasteiger partial charge in [-0.3, -0.25) is 4.98 Å². The third kappa shape index (κ3) is 1.76. The molecule has 0 aliphatic heterocycles. The average molecular weight is 241 g/mol. The summed E-state index contributed by atoms with van der Waals surface area (Å²) in [4.78, 5) is 14.8. The molecule has 1 aromatic carbocycles. The zero-order chi connectivity index (χ0) is 11.0. The lowest BCUT2D eigenvalue weighted by molar-refractivity contribution is -0.254. The summed E-state index contributed by atoms with van der Waals surface area (Å²) in [6, 6.07) is 4.75. The summed E-state index contributed by atoms with van der Waals surface area (Å²) in [6.45, 7) is 0. The minimum atomic E-state index is -1.35. The second-order valence-corrected chi connectivity index (χ2v) is 3.78. The summed E-state index contributed by atoms with van der Waals surface area (Å²) >= 11 is 11.5. The Labute approximate surface area is 95.3 Å². The molecule has 0 bridgehead atoms. The first-order valence-corrected chi connectivity index (χ1v) is 4.80. The molecule has 0 spiro atoms. The van der Waals surface area contributed by atoms with Crippen molar-refractivity contribution >= 4 is 40.1 Å². The molecule has 0 aliphatic carbocycles. The Morgan fingerprint density at radius 1 is 1.33 bits per heavy atom. The third-order valence-electron chi connectivity index (χ3n) is 1.97. The van der Waals surface area contributed by atoms with Crippen molar-refractivity contribution in [1.82, 2.24) is 4.98 Å². The van der Waals surface area contributed by atoms with E-state index < -0.39 is 5.97 Å². The van der Waals surface area contributed by atoms with Gasteiger partial charge < -0.3 is 9.90 Å². The molecule has 0 aliphatic rings. The standard InChI is InChI=1S/C10H5Cl2NO2/c11-6-3-5-1-2-7(12)8(10(14)15)9(5)13-4-6/h1-4H,(H,14,15)/p-1. The van der Waals surface area contributed by atoms with Crippen molar-refractivity contribution in [3.63, 3.8) is 0 Å². The minimum absolute atomic E-state index is 0.106. The molecule has 15 heavy (non-hydrogen) atoms. The molecule has 0 saturated carbocycles. The molecule has 0 unspecified atom stereocenters. The van der Waals surface area contributed by atoms with E-state index in [9.17, 15) is 9.90 Å². The van der Waals surface area contributed by atoms with E-state index in [2.05, 4.69) is 4.98 Å². The zero-order valence-corrected chi connectivity index (χ0v) is 8.84. The van der Waals surface area contributed by atoms with Crippen molar-refractivity contribution in [3.05, 3.63) is 40.0 Å². The topological polar surface area (TPSA) is 53.0 Å². The summed E-state index contributed by atoms with van der Waals surface area (Å²) in [7, 11) is 0. The van der Waals surface area contributed by atoms with E-state index in [1.165, 1.54) is 12.3 Å². The highest BCUT2D eigenvalue weighted by Crippen LogP contribution is 2.25. The van der Waals surface area contributed by atoms with Crippen molar-refractivity contribution in [2.24, 2.45) is 0 Å². The SMILES string of the molecule is O=C([O-])c1c(Cl)ccc2cc(Cl)cnc12. The first kappa shape index (κ1) is 10.2. The molecule has 1 heterocycles. The molecule has 76 valence electrons. The van der Waals surface area contributed by atoms with Gasteiger partial charge in [0.25, 0.3) is 0 Å². The number of nitrogens with zero attached hydrogens (tertiary/aromatic N) is 1. The number of hydrogen-bond donors (Lipinski definition) is 0. The predicted octanol–water partition coefficient (Wildman–Crippen LogP) is 1.91. The number of benzene rings is 1. The highest BCUT2D eigenvalue weighted by atomic mass is 35.5. The van der Waals surface area contributed by atoms with E-state index in [-0.39, 0.29) is 16.1 Å². The fourth-order valence-electron chi connectivity index (χ4n) is 1.34. The average Bonchev–Trinajstić information content (AvgIpc) is 2.17. The molecule has 5 heteroatoms. The maximum Gasteiger partial charge on any atom is 0.0808 e. The molecule has 0 amide bonds. The minimum Gasteiger partial charge on any atom is -0.545 e. The Bertz CT molecular complexity index is 554. The lowest BCUT2D eigenvalue weighted by Crippen LogP contribution is -2.23. The highest BCUT2D eigenvalue weighted by Gasteiger charge is 2.08. The number of carboxylic acid groups (broad SMARTS) is 1. The van der Waals surface area contributed by atoms with Crippen LogP contribution in [0.4, 0.5) is 0 Å². The van der Waals surface area contributed by atoms with E-state index in [1.807, 2.05) is 0 Å². The van der Waals surface area contributed by atoms with Gasteiger partial charge in [-0.15, -0.1) is 0 Å². The van der Waals surface area contributed by atoms with Crippen molar-refractivity contribution < 1.29 is 9.90 Å². The fraction of sp³-hybridized carbons (Fsp3) is 0. The number of rotatable bonds is 1. The quantitative estimate of drug-likeness (QED) is 0.766. The number of pyridine rings is 1. The van der Waals surface area contributed by atoms with E-state index in [0.717, 1.165) is 0 Å². The maximum absolute atomic E-state index is 10.9. The summed E-state index contributed by atoms with van der Waals surface area (Å²) in [5.41, 5.74) is 0.178. The van der Waals surface area contributed by atoms with Gasteiger partial charge in [-0.25, -0.2) is 0 Å². The first-order valence-electron chi connectivity index (χ1n) is 4.04. The van der Waals surface area contributed by atoms with Gasteiger partial charge in [-0.2, -0.15) is 0 Å². The summed E-state index contributed by atoms with van der Waals surface area (Å²) in [5, 5.41) is 12.0. The van der Waals surface area contributed by atoms with Crippen LogP contribution >= 0.6 is 23.2 Å². The second-order valence-electron chi connectivity index (χ2n) is 2.94. The maximum atomic E-state index is 10.9. The van der Waals surface area contributed by atoms with Crippen molar-refractivity contribution in [3.8, 4) is 0 Å². The lowest BCUT2D eigenvalue weighted by Gasteiger charge is -2.08. The van der Waals surface area contributed by atoms with Crippen molar-refractivity contribution in [1.29, 1.82) is 0 Å². The normalized spacial score (nSPS) is 10.5. The van der Waals surface area contributed by atoms with Crippen LogP contribution in [-0.2, 0) is 0 Å². The zero-order valence-electron chi connectivity index (χ0n) is 7.33. The van der Waals surface area contributed by atoms with Crippen LogP contribution in [0.3, 0.4) is 0 Å². The molecule has 0 fully saturated rings. The molecule has 0 radical (unpaired) electrons. The molecule has 0 atom stereocenters. The van der Waals surface area contributed by atoms with Crippen LogP contribution in [0.2, 0.25) is 10.0 Å². The van der Waals surface area contributed by atoms with Crippen LogP contribution in [0, 0.1) is 0 Å². The van der Waals surface area contributed by atoms with Crippen LogP contribution in [-0.4, -0.2) is 11.0 Å². The number of aromatic nitrogens is 1. The van der Waals surface area contributed by atoms with E-state index in [1.54, 1.807) is 12.1 Å². The van der Waals surface area contributed by atoms with Gasteiger partial charge in [0, 0.05) is 17.1 Å². The summed E-state index contributed by atoms with van der Waals surface area (Å²) < 4.78 is 0. The largest absolute Gasteiger partial charge is 0.545 e. The van der Waals surface area contributed by atoms with Gasteiger partial charge in [0.15, 0.2) is 0 Å². The van der Waals surface area contributed by atoms with E-state index in [0.29, 0.717) is 10.4 Å². The second kappa shape index (κ2) is 3.68. The molecule has 3 nitrogen and oxygen atoms in total.